The third-order valence-corrected chi connectivity index (χ3v) is 18.8. The maximum absolute atomic E-state index is 12.9. The second-order valence-corrected chi connectivity index (χ2v) is 31.0. The van der Waals surface area contributed by atoms with Gasteiger partial charge in [-0.05, 0) is 252 Å². The number of ether oxygens (including phenoxy) is 2. The summed E-state index contributed by atoms with van der Waals surface area (Å²) in [5.41, 5.74) is 6.85. The number of benzene rings is 6. The highest BCUT2D eigenvalue weighted by molar-refractivity contribution is 8.13. The summed E-state index contributed by atoms with van der Waals surface area (Å²) >= 11 is 11.3. The van der Waals surface area contributed by atoms with E-state index in [9.17, 15) is 63.2 Å². The molecule has 103 heavy (non-hydrogen) atoms. The van der Waals surface area contributed by atoms with E-state index in [2.05, 4.69) is 42.2 Å². The number of nitrogens with one attached hydrogen (secondary N) is 7. The van der Waals surface area contributed by atoms with Gasteiger partial charge in [0, 0.05) is 101 Å². The number of rotatable bonds is 10. The number of urea groups is 3. The van der Waals surface area contributed by atoms with E-state index < -0.39 is 36.3 Å². The van der Waals surface area contributed by atoms with Crippen LogP contribution < -0.4 is 43.0 Å². The molecule has 4 aliphatic rings. The van der Waals surface area contributed by atoms with Crippen LogP contribution in [0.25, 0.3) is 0 Å². The number of likely N-dealkylation sites (tertiary alicyclic amines) is 2. The molecular formula is C70H87Cl3F4N12O12S2. The Balaban J connectivity index is 0.000000230. The van der Waals surface area contributed by atoms with Crippen molar-refractivity contribution in [3.63, 3.8) is 0 Å². The van der Waals surface area contributed by atoms with Gasteiger partial charge in [-0.1, -0.05) is 23.2 Å². The number of carbonyl (C=O) groups is 5. The lowest BCUT2D eigenvalue weighted by Gasteiger charge is -2.33. The quantitative estimate of drug-likeness (QED) is 0.0274. The second-order valence-electron chi connectivity index (χ2n) is 25.6. The molecule has 4 saturated heterocycles. The van der Waals surface area contributed by atoms with Crippen molar-refractivity contribution >= 4 is 112 Å². The number of nitrogens with zero attached hydrogens (tertiary/aromatic N) is 4. The molecule has 6 aromatic carbocycles. The van der Waals surface area contributed by atoms with Gasteiger partial charge in [0.1, 0.15) is 34.5 Å². The van der Waals surface area contributed by atoms with Crippen molar-refractivity contribution in [2.75, 3.05) is 68.3 Å². The number of piperidine rings is 4. The summed E-state index contributed by atoms with van der Waals surface area (Å²) in [7, 11) is -2.14. The summed E-state index contributed by atoms with van der Waals surface area (Å²) in [4.78, 5) is 75.8. The van der Waals surface area contributed by atoms with Crippen LogP contribution in [0.5, 0.6) is 0 Å². The first-order chi connectivity index (χ1) is 48.5. The molecule has 10 rings (SSSR count). The largest absolute Gasteiger partial charge is 0.444 e. The summed E-state index contributed by atoms with van der Waals surface area (Å²) < 4.78 is 109. The molecule has 24 nitrogen and oxygen atoms in total. The van der Waals surface area contributed by atoms with Crippen LogP contribution in [-0.4, -0.2) is 155 Å². The van der Waals surface area contributed by atoms with Crippen molar-refractivity contribution in [3.05, 3.63) is 179 Å². The molecule has 0 atom stereocenters. The van der Waals surface area contributed by atoms with Gasteiger partial charge in [-0.15, -0.1) is 0 Å². The van der Waals surface area contributed by atoms with Gasteiger partial charge < -0.3 is 62.2 Å². The zero-order valence-electron chi connectivity index (χ0n) is 57.7. The molecule has 0 bridgehead atoms. The summed E-state index contributed by atoms with van der Waals surface area (Å²) in [6.07, 6.45) is 6.78. The van der Waals surface area contributed by atoms with E-state index in [-0.39, 0.29) is 81.5 Å². The molecular weight excluding hydrogens is 1450 g/mol. The number of hydrogen-bond donors (Lipinski definition) is 8. The highest BCUT2D eigenvalue weighted by atomic mass is 35.7. The van der Waals surface area contributed by atoms with Gasteiger partial charge in [-0.2, -0.15) is 9.30 Å². The zero-order valence-corrected chi connectivity index (χ0v) is 61.6. The van der Waals surface area contributed by atoms with E-state index in [4.69, 9.17) is 49.1 Å². The van der Waals surface area contributed by atoms with Crippen molar-refractivity contribution in [1.82, 2.24) is 35.4 Å². The van der Waals surface area contributed by atoms with Crippen molar-refractivity contribution in [1.29, 1.82) is 0 Å². The molecule has 0 saturated carbocycles. The molecule has 560 valence electrons. The van der Waals surface area contributed by atoms with E-state index in [1.54, 1.807) is 21.9 Å². The molecule has 0 aromatic heterocycles. The van der Waals surface area contributed by atoms with Crippen molar-refractivity contribution in [3.8, 4) is 0 Å². The summed E-state index contributed by atoms with van der Waals surface area (Å²) in [5.74, 6) is -1.38. The standard InChI is InChI=1S/C18H19ClFN3O3S.C17H24FN3O3.C12H16FN3O.C10H20N2O2.C7H4FNO.C6H4Cl2O2S/c19-13-1-7-17(8-2-13)27(25,26)23-11-9-16(10-12-23)22-18(24)21-15-5-3-14(20)4-6-15;1-17(2,3)24-16(23)21-10-8-14(9-11-21)20-15(22)19-13-6-4-12(18)5-7-13;13-9-1-3-10(4-2-9)15-12(17)16-11-5-7-14-8-6-11;1-10(2,3)14-9(13)12-6-4-8(11)5-7-12;8-6-1-3-7(4-2-6)9-5-10;7-5-1-3-6(4-2-5)11(8,9)10/h1-8,16H,9-12H2,(H2,21,22,24);4-7,14H,8-11H2,1-3H3,(H2,19,20,22);1-4,11,14H,5-8H2,(H2,15,16,17);8H,4-7,11H2,1-3H3;1-4H;1-4H. The molecule has 4 fully saturated rings. The molecule has 8 amide bonds. The van der Waals surface area contributed by atoms with Crippen molar-refractivity contribution in [2.24, 2.45) is 10.7 Å². The predicted molar refractivity (Wildman–Crippen MR) is 389 cm³/mol. The Morgan fingerprint density at radius 1 is 0.485 bits per heavy atom. The number of amides is 8. The Bertz CT molecular complexity index is 3930. The Morgan fingerprint density at radius 2 is 0.796 bits per heavy atom. The SMILES string of the molecule is CC(C)(C)OC(=O)N1CCC(N)CC1.CC(C)(C)OC(=O)N1CCC(NC(=O)Nc2ccc(F)cc2)CC1.O=C(Nc1ccc(F)cc1)NC1CCN(S(=O)(=O)c2ccc(Cl)cc2)CC1.O=C(Nc1ccc(F)cc1)NC1CCNCC1.O=C=Nc1ccc(F)cc1.O=S(=O)(Cl)c1ccc(Cl)cc1. The third-order valence-electron chi connectivity index (χ3n) is 15.0. The van der Waals surface area contributed by atoms with Crippen LogP contribution in [0.4, 0.5) is 64.3 Å². The highest BCUT2D eigenvalue weighted by Gasteiger charge is 2.31. The lowest BCUT2D eigenvalue weighted by molar-refractivity contribution is 0.0193. The fraction of sp³-hybridized carbons (Fsp3) is 0.400. The van der Waals surface area contributed by atoms with Gasteiger partial charge in [0.05, 0.1) is 15.5 Å². The van der Waals surface area contributed by atoms with Crippen molar-refractivity contribution < 1.29 is 72.6 Å². The summed E-state index contributed by atoms with van der Waals surface area (Å²) in [5, 5.41) is 20.7. The predicted octanol–water partition coefficient (Wildman–Crippen LogP) is 13.9. The van der Waals surface area contributed by atoms with E-state index in [1.165, 1.54) is 144 Å². The van der Waals surface area contributed by atoms with Gasteiger partial charge in [-0.25, -0.2) is 63.2 Å². The average Bonchev–Trinajstić information content (AvgIpc) is 0.805. The van der Waals surface area contributed by atoms with Crippen LogP contribution in [0, 0.1) is 23.3 Å². The fourth-order valence-corrected chi connectivity index (χ4v) is 12.2. The number of halogens is 7. The minimum Gasteiger partial charge on any atom is -0.444 e. The fourth-order valence-electron chi connectivity index (χ4n) is 9.73. The molecule has 33 heteroatoms. The number of nitrogens with two attached hydrogens (primary N) is 1. The van der Waals surface area contributed by atoms with E-state index in [0.29, 0.717) is 84.7 Å². The van der Waals surface area contributed by atoms with E-state index in [0.717, 1.165) is 51.9 Å². The van der Waals surface area contributed by atoms with Crippen LogP contribution in [-0.2, 0) is 33.3 Å². The number of isocyanates is 1. The van der Waals surface area contributed by atoms with Crippen molar-refractivity contribution in [2.45, 2.75) is 138 Å². The van der Waals surface area contributed by atoms with Crippen LogP contribution in [0.15, 0.2) is 160 Å². The van der Waals surface area contributed by atoms with E-state index >= 15 is 0 Å². The van der Waals surface area contributed by atoms with Gasteiger partial charge in [-0.3, -0.25) is 0 Å². The Labute approximate surface area is 612 Å². The molecule has 9 N–H and O–H groups in total. The minimum absolute atomic E-state index is 0.0101. The maximum Gasteiger partial charge on any atom is 0.410 e. The van der Waals surface area contributed by atoms with E-state index in [1.807, 2.05) is 41.5 Å². The van der Waals surface area contributed by atoms with Gasteiger partial charge in [0.2, 0.25) is 16.1 Å². The number of carbonyl (C=O) groups excluding carboxylic acids is 6. The zero-order chi connectivity index (χ0) is 75.9. The summed E-state index contributed by atoms with van der Waals surface area (Å²) in [6, 6.07) is 33.1. The Hall–Kier alpha value is -8.58. The average molecular weight is 1540 g/mol. The number of anilines is 3. The van der Waals surface area contributed by atoms with Gasteiger partial charge >= 0.3 is 30.3 Å². The highest BCUT2D eigenvalue weighted by Crippen LogP contribution is 2.24. The number of hydrogen-bond acceptors (Lipinski definition) is 15. The molecule has 6 aromatic rings. The second kappa shape index (κ2) is 41.6. The molecule has 4 heterocycles. The van der Waals surface area contributed by atoms with Gasteiger partial charge in [0.25, 0.3) is 9.05 Å². The number of sulfonamides is 1. The Kier molecular flexibility index (Phi) is 34.4. The lowest BCUT2D eigenvalue weighted by Crippen LogP contribution is -2.48. The van der Waals surface area contributed by atoms with Crippen LogP contribution in [0.1, 0.15) is 92.9 Å². The van der Waals surface area contributed by atoms with Crippen LogP contribution in [0.3, 0.4) is 0 Å². The first-order valence-corrected chi connectivity index (χ1v) is 37.2. The lowest BCUT2D eigenvalue weighted by atomic mass is 10.1. The maximum atomic E-state index is 12.9. The smallest absolute Gasteiger partial charge is 0.410 e. The molecule has 0 spiro atoms. The first kappa shape index (κ1) is 85.1. The number of aliphatic imine (C=N–C) groups is 1. The molecule has 4 aliphatic heterocycles. The minimum atomic E-state index is -3.61. The molecule has 0 radical (unpaired) electrons. The summed E-state index contributed by atoms with van der Waals surface area (Å²) in [6.45, 7) is 16.1. The monoisotopic (exact) mass is 1530 g/mol. The van der Waals surface area contributed by atoms with Gasteiger partial charge in [0.15, 0.2) is 0 Å². The third kappa shape index (κ3) is 33.6. The molecule has 0 unspecified atom stereocenters. The first-order valence-electron chi connectivity index (χ1n) is 32.7. The van der Waals surface area contributed by atoms with Crippen LogP contribution >= 0.6 is 33.9 Å². The molecule has 0 aliphatic carbocycles. The topological polar surface area (TPSA) is 321 Å². The Morgan fingerprint density at radius 3 is 1.13 bits per heavy atom. The van der Waals surface area contributed by atoms with Crippen LogP contribution in [0.2, 0.25) is 10.0 Å². The normalized spacial score (nSPS) is 15.3.